The topological polar surface area (TPSA) is 3.24 Å². The number of hydrogen-bond donors (Lipinski definition) is 0. The van der Waals surface area contributed by atoms with Crippen LogP contribution in [0.2, 0.25) is 0 Å². The van der Waals surface area contributed by atoms with E-state index >= 15 is 0 Å². The van der Waals surface area contributed by atoms with Crippen molar-refractivity contribution in [3.63, 3.8) is 0 Å². The molecule has 0 radical (unpaired) electrons. The summed E-state index contributed by atoms with van der Waals surface area (Å²) >= 11 is 0. The van der Waals surface area contributed by atoms with Crippen molar-refractivity contribution in [2.45, 2.75) is 79.3 Å². The van der Waals surface area contributed by atoms with Gasteiger partial charge in [0.15, 0.2) is 0 Å². The van der Waals surface area contributed by atoms with Crippen molar-refractivity contribution in [1.29, 1.82) is 0 Å². The smallest absolute Gasteiger partial charge is 0.00412 e. The molecule has 0 aliphatic rings. The SMILES string of the molecule is CC(C)CCCCCN(C(C)C)C(C)C. The molecule has 92 valence electrons. The van der Waals surface area contributed by atoms with E-state index in [-0.39, 0.29) is 0 Å². The molecule has 1 nitrogen and oxygen atoms in total. The average molecular weight is 213 g/mol. The lowest BCUT2D eigenvalue weighted by atomic mass is 10.0. The molecule has 0 spiro atoms. The van der Waals surface area contributed by atoms with Crippen LogP contribution in [0.25, 0.3) is 0 Å². The van der Waals surface area contributed by atoms with Crippen LogP contribution in [0.15, 0.2) is 0 Å². The largest absolute Gasteiger partial charge is 0.299 e. The minimum absolute atomic E-state index is 0.690. The van der Waals surface area contributed by atoms with Gasteiger partial charge in [-0.15, -0.1) is 0 Å². The van der Waals surface area contributed by atoms with E-state index in [0.717, 1.165) is 5.92 Å². The fourth-order valence-corrected chi connectivity index (χ4v) is 2.14. The number of unbranched alkanes of at least 4 members (excludes halogenated alkanes) is 2. The summed E-state index contributed by atoms with van der Waals surface area (Å²) in [4.78, 5) is 2.59. The average Bonchev–Trinajstić information content (AvgIpc) is 2.08. The number of nitrogens with zero attached hydrogens (tertiary/aromatic N) is 1. The van der Waals surface area contributed by atoms with E-state index in [9.17, 15) is 0 Å². The molecule has 0 saturated carbocycles. The van der Waals surface area contributed by atoms with Gasteiger partial charge < -0.3 is 0 Å². The molecule has 0 amide bonds. The summed E-state index contributed by atoms with van der Waals surface area (Å²) in [5, 5.41) is 0. The molecule has 0 saturated heterocycles. The summed E-state index contributed by atoms with van der Waals surface area (Å²) in [6.07, 6.45) is 5.56. The Kier molecular flexibility index (Phi) is 8.13. The van der Waals surface area contributed by atoms with Crippen LogP contribution >= 0.6 is 0 Å². The maximum absolute atomic E-state index is 2.59. The number of hydrogen-bond acceptors (Lipinski definition) is 1. The molecule has 0 unspecified atom stereocenters. The van der Waals surface area contributed by atoms with Gasteiger partial charge in [-0.05, 0) is 46.6 Å². The lowest BCUT2D eigenvalue weighted by molar-refractivity contribution is 0.171. The summed E-state index contributed by atoms with van der Waals surface area (Å²) in [6.45, 7) is 15.1. The van der Waals surface area contributed by atoms with E-state index in [2.05, 4.69) is 46.4 Å². The second-order valence-electron chi connectivity index (χ2n) is 5.67. The highest BCUT2D eigenvalue weighted by molar-refractivity contribution is 4.67. The third-order valence-corrected chi connectivity index (χ3v) is 3.02. The Hall–Kier alpha value is -0.0400. The Morgan fingerprint density at radius 1 is 0.733 bits per heavy atom. The second-order valence-corrected chi connectivity index (χ2v) is 5.67. The molecule has 0 aromatic carbocycles. The minimum Gasteiger partial charge on any atom is -0.299 e. The molecule has 0 aromatic heterocycles. The fraction of sp³-hybridized carbons (Fsp3) is 1.00. The van der Waals surface area contributed by atoms with Gasteiger partial charge in [-0.2, -0.15) is 0 Å². The first-order valence-corrected chi connectivity index (χ1v) is 6.70. The van der Waals surface area contributed by atoms with Crippen molar-refractivity contribution in [3.05, 3.63) is 0 Å². The maximum atomic E-state index is 2.59. The van der Waals surface area contributed by atoms with E-state index < -0.39 is 0 Å². The predicted molar refractivity (Wildman–Crippen MR) is 70.3 cm³/mol. The lowest BCUT2D eigenvalue weighted by Gasteiger charge is -2.30. The van der Waals surface area contributed by atoms with Crippen LogP contribution in [0.5, 0.6) is 0 Å². The third kappa shape index (κ3) is 7.84. The summed E-state index contributed by atoms with van der Waals surface area (Å²) < 4.78 is 0. The van der Waals surface area contributed by atoms with Crippen LogP contribution in [0, 0.1) is 5.92 Å². The summed E-state index contributed by atoms with van der Waals surface area (Å²) in [5.41, 5.74) is 0. The zero-order chi connectivity index (χ0) is 11.8. The highest BCUT2D eigenvalue weighted by Gasteiger charge is 2.11. The van der Waals surface area contributed by atoms with Crippen LogP contribution in [0.4, 0.5) is 0 Å². The zero-order valence-electron chi connectivity index (χ0n) is 11.7. The quantitative estimate of drug-likeness (QED) is 0.543. The van der Waals surface area contributed by atoms with Crippen molar-refractivity contribution in [2.24, 2.45) is 5.92 Å². The lowest BCUT2D eigenvalue weighted by Crippen LogP contribution is -2.37. The van der Waals surface area contributed by atoms with E-state index in [0.29, 0.717) is 12.1 Å². The van der Waals surface area contributed by atoms with Gasteiger partial charge in [-0.1, -0.05) is 33.1 Å². The second kappa shape index (κ2) is 8.15. The first-order chi connectivity index (χ1) is 6.95. The van der Waals surface area contributed by atoms with Gasteiger partial charge in [0, 0.05) is 12.1 Å². The van der Waals surface area contributed by atoms with Crippen LogP contribution in [-0.4, -0.2) is 23.5 Å². The van der Waals surface area contributed by atoms with Gasteiger partial charge in [0.2, 0.25) is 0 Å². The molecule has 15 heavy (non-hydrogen) atoms. The van der Waals surface area contributed by atoms with E-state index in [1.165, 1.54) is 32.2 Å². The van der Waals surface area contributed by atoms with Gasteiger partial charge in [0.05, 0.1) is 0 Å². The Morgan fingerprint density at radius 3 is 1.67 bits per heavy atom. The van der Waals surface area contributed by atoms with Crippen LogP contribution in [0.3, 0.4) is 0 Å². The minimum atomic E-state index is 0.690. The Labute approximate surface area is 97.2 Å². The van der Waals surface area contributed by atoms with E-state index in [1.807, 2.05) is 0 Å². The van der Waals surface area contributed by atoms with Gasteiger partial charge in [0.1, 0.15) is 0 Å². The highest BCUT2D eigenvalue weighted by atomic mass is 15.2. The van der Waals surface area contributed by atoms with Crippen molar-refractivity contribution in [2.75, 3.05) is 6.54 Å². The van der Waals surface area contributed by atoms with Crippen molar-refractivity contribution in [3.8, 4) is 0 Å². The van der Waals surface area contributed by atoms with Crippen LogP contribution in [-0.2, 0) is 0 Å². The van der Waals surface area contributed by atoms with Crippen molar-refractivity contribution < 1.29 is 0 Å². The zero-order valence-corrected chi connectivity index (χ0v) is 11.7. The first-order valence-electron chi connectivity index (χ1n) is 6.70. The molecule has 0 atom stereocenters. The molecule has 0 aliphatic carbocycles. The maximum Gasteiger partial charge on any atom is 0.00412 e. The molecular formula is C14H31N. The molecule has 0 heterocycles. The monoisotopic (exact) mass is 213 g/mol. The molecular weight excluding hydrogens is 182 g/mol. The summed E-state index contributed by atoms with van der Waals surface area (Å²) in [7, 11) is 0. The van der Waals surface area contributed by atoms with Gasteiger partial charge >= 0.3 is 0 Å². The van der Waals surface area contributed by atoms with Crippen LogP contribution < -0.4 is 0 Å². The molecule has 0 aliphatic heterocycles. The van der Waals surface area contributed by atoms with Crippen molar-refractivity contribution >= 4 is 0 Å². The van der Waals surface area contributed by atoms with E-state index in [4.69, 9.17) is 0 Å². The summed E-state index contributed by atoms with van der Waals surface area (Å²) in [5.74, 6) is 0.872. The predicted octanol–water partition coefficient (Wildman–Crippen LogP) is 4.32. The first kappa shape index (κ1) is 15.0. The number of rotatable bonds is 8. The fourth-order valence-electron chi connectivity index (χ4n) is 2.14. The molecule has 1 heteroatoms. The molecule has 0 bridgehead atoms. The molecule has 0 rings (SSSR count). The van der Waals surface area contributed by atoms with Gasteiger partial charge in [-0.25, -0.2) is 0 Å². The van der Waals surface area contributed by atoms with Gasteiger partial charge in [-0.3, -0.25) is 4.90 Å². The summed E-state index contributed by atoms with van der Waals surface area (Å²) in [6, 6.07) is 1.38. The van der Waals surface area contributed by atoms with E-state index in [1.54, 1.807) is 0 Å². The molecule has 0 aromatic rings. The standard InChI is InChI=1S/C14H31N/c1-12(2)10-8-7-9-11-15(13(3)4)14(5)6/h12-14H,7-11H2,1-6H3. The Bertz CT molecular complexity index is 130. The van der Waals surface area contributed by atoms with Gasteiger partial charge in [0.25, 0.3) is 0 Å². The van der Waals surface area contributed by atoms with Crippen LogP contribution in [0.1, 0.15) is 67.2 Å². The van der Waals surface area contributed by atoms with Crippen molar-refractivity contribution in [1.82, 2.24) is 4.90 Å². The Morgan fingerprint density at radius 2 is 1.27 bits per heavy atom. The highest BCUT2D eigenvalue weighted by Crippen LogP contribution is 2.11. The Balaban J connectivity index is 3.55. The molecule has 0 fully saturated rings. The normalized spacial score (nSPS) is 12.4. The molecule has 0 N–H and O–H groups in total. The third-order valence-electron chi connectivity index (χ3n) is 3.02.